The van der Waals surface area contributed by atoms with Gasteiger partial charge in [-0.05, 0) is 13.0 Å². The van der Waals surface area contributed by atoms with E-state index >= 15 is 0 Å². The number of aromatic nitrogens is 6. The number of aromatic amines is 1. The molecule has 20 heavy (non-hydrogen) atoms. The van der Waals surface area contributed by atoms with Crippen molar-refractivity contribution < 1.29 is 0 Å². The molecule has 1 atom stereocenters. The first-order chi connectivity index (χ1) is 9.76. The number of nitrogens with zero attached hydrogens (tertiary/aromatic N) is 5. The van der Waals surface area contributed by atoms with Gasteiger partial charge < -0.3 is 5.32 Å². The second-order valence-corrected chi connectivity index (χ2v) is 4.45. The van der Waals surface area contributed by atoms with Crippen LogP contribution in [-0.4, -0.2) is 36.0 Å². The van der Waals surface area contributed by atoms with Crippen LogP contribution in [-0.2, 0) is 6.54 Å². The second kappa shape index (κ2) is 5.13. The van der Waals surface area contributed by atoms with Gasteiger partial charge in [-0.15, -0.1) is 0 Å². The number of hydrogen-bond donors (Lipinski definition) is 4. The molecule has 0 radical (unpaired) electrons. The summed E-state index contributed by atoms with van der Waals surface area (Å²) in [6.07, 6.45) is 5.35. The monoisotopic (exact) mass is 273 g/mol. The fourth-order valence-corrected chi connectivity index (χ4v) is 1.98. The summed E-state index contributed by atoms with van der Waals surface area (Å²) in [5.74, 6) is 6.37. The highest BCUT2D eigenvalue weighted by Gasteiger charge is 2.11. The van der Waals surface area contributed by atoms with Crippen LogP contribution >= 0.6 is 0 Å². The SMILES string of the molecule is CC(Cn1cccn1)Nc1nc(NN)nc2[nH]ncc12. The molecule has 0 aliphatic rings. The molecule has 3 aromatic heterocycles. The summed E-state index contributed by atoms with van der Waals surface area (Å²) in [4.78, 5) is 8.49. The molecular weight excluding hydrogens is 258 g/mol. The van der Waals surface area contributed by atoms with Crippen molar-refractivity contribution in [1.82, 2.24) is 29.9 Å². The van der Waals surface area contributed by atoms with Crippen molar-refractivity contribution in [2.24, 2.45) is 5.84 Å². The summed E-state index contributed by atoms with van der Waals surface area (Å²) in [5, 5.41) is 15.1. The normalized spacial score (nSPS) is 12.5. The largest absolute Gasteiger partial charge is 0.365 e. The van der Waals surface area contributed by atoms with Crippen molar-refractivity contribution in [3.63, 3.8) is 0 Å². The molecule has 5 N–H and O–H groups in total. The van der Waals surface area contributed by atoms with Crippen LogP contribution in [0.15, 0.2) is 24.7 Å². The van der Waals surface area contributed by atoms with Gasteiger partial charge in [0.1, 0.15) is 5.82 Å². The van der Waals surface area contributed by atoms with E-state index in [1.54, 1.807) is 12.4 Å². The van der Waals surface area contributed by atoms with E-state index in [9.17, 15) is 0 Å². The summed E-state index contributed by atoms with van der Waals surface area (Å²) in [5.41, 5.74) is 3.07. The molecule has 0 saturated heterocycles. The summed E-state index contributed by atoms with van der Waals surface area (Å²) < 4.78 is 1.85. The van der Waals surface area contributed by atoms with Crippen LogP contribution in [0.4, 0.5) is 11.8 Å². The van der Waals surface area contributed by atoms with E-state index in [2.05, 4.69) is 36.0 Å². The van der Waals surface area contributed by atoms with Crippen LogP contribution in [0.1, 0.15) is 6.92 Å². The Morgan fingerprint density at radius 3 is 3.10 bits per heavy atom. The number of nitrogens with one attached hydrogen (secondary N) is 3. The molecular formula is C11H15N9. The molecule has 0 spiro atoms. The molecule has 3 aromatic rings. The number of anilines is 2. The molecule has 0 bridgehead atoms. The zero-order chi connectivity index (χ0) is 13.9. The average molecular weight is 273 g/mol. The molecule has 0 saturated carbocycles. The van der Waals surface area contributed by atoms with Gasteiger partial charge in [-0.1, -0.05) is 0 Å². The summed E-state index contributed by atoms with van der Waals surface area (Å²) >= 11 is 0. The maximum atomic E-state index is 5.37. The number of rotatable bonds is 5. The van der Waals surface area contributed by atoms with E-state index in [4.69, 9.17) is 5.84 Å². The third-order valence-corrected chi connectivity index (χ3v) is 2.84. The third-order valence-electron chi connectivity index (χ3n) is 2.84. The first kappa shape index (κ1) is 12.4. The summed E-state index contributed by atoms with van der Waals surface area (Å²) in [6, 6.07) is 2.02. The molecule has 0 amide bonds. The smallest absolute Gasteiger partial charge is 0.241 e. The van der Waals surface area contributed by atoms with E-state index in [1.165, 1.54) is 0 Å². The van der Waals surface area contributed by atoms with E-state index in [0.29, 0.717) is 17.4 Å². The zero-order valence-electron chi connectivity index (χ0n) is 10.9. The van der Waals surface area contributed by atoms with Gasteiger partial charge in [0, 0.05) is 18.4 Å². The van der Waals surface area contributed by atoms with Crippen molar-refractivity contribution in [3.8, 4) is 0 Å². The Labute approximate surface area is 114 Å². The van der Waals surface area contributed by atoms with Crippen LogP contribution in [0.2, 0.25) is 0 Å². The lowest BCUT2D eigenvalue weighted by Crippen LogP contribution is -2.23. The third kappa shape index (κ3) is 2.38. The minimum absolute atomic E-state index is 0.133. The predicted octanol–water partition coefficient (Wildman–Crippen LogP) is 0.336. The second-order valence-electron chi connectivity index (χ2n) is 4.45. The Balaban J connectivity index is 1.84. The first-order valence-corrected chi connectivity index (χ1v) is 6.18. The van der Waals surface area contributed by atoms with Crippen molar-refractivity contribution in [3.05, 3.63) is 24.7 Å². The van der Waals surface area contributed by atoms with Gasteiger partial charge >= 0.3 is 0 Å². The minimum Gasteiger partial charge on any atom is -0.365 e. The van der Waals surface area contributed by atoms with Crippen molar-refractivity contribution in [1.29, 1.82) is 0 Å². The van der Waals surface area contributed by atoms with Gasteiger partial charge in [0.15, 0.2) is 5.65 Å². The molecule has 1 unspecified atom stereocenters. The number of hydrazine groups is 1. The molecule has 0 fully saturated rings. The van der Waals surface area contributed by atoms with Gasteiger partial charge in [-0.25, -0.2) is 5.84 Å². The van der Waals surface area contributed by atoms with Gasteiger partial charge in [-0.2, -0.15) is 20.2 Å². The van der Waals surface area contributed by atoms with E-state index < -0.39 is 0 Å². The van der Waals surface area contributed by atoms with Gasteiger partial charge in [0.2, 0.25) is 5.95 Å². The van der Waals surface area contributed by atoms with Crippen LogP contribution in [0.25, 0.3) is 11.0 Å². The topological polar surface area (TPSA) is 122 Å². The quantitative estimate of drug-likeness (QED) is 0.390. The van der Waals surface area contributed by atoms with Gasteiger partial charge in [0.25, 0.3) is 0 Å². The molecule has 3 heterocycles. The van der Waals surface area contributed by atoms with Gasteiger partial charge in [0.05, 0.1) is 18.1 Å². The highest BCUT2D eigenvalue weighted by Crippen LogP contribution is 2.20. The standard InChI is InChI=1S/C11H15N9/c1-7(6-20-4-2-3-14-20)15-9-8-5-13-19-10(8)17-11(16-9)18-12/h2-5,7H,6,12H2,1H3,(H3,13,15,16,17,18,19). The van der Waals surface area contributed by atoms with Crippen LogP contribution in [0, 0.1) is 0 Å². The lowest BCUT2D eigenvalue weighted by Gasteiger charge is -2.15. The van der Waals surface area contributed by atoms with Crippen molar-refractivity contribution >= 4 is 22.8 Å². The fraction of sp³-hybridized carbons (Fsp3) is 0.273. The van der Waals surface area contributed by atoms with Gasteiger partial charge in [-0.3, -0.25) is 15.2 Å². The van der Waals surface area contributed by atoms with Crippen molar-refractivity contribution in [2.45, 2.75) is 19.5 Å². The van der Waals surface area contributed by atoms with Crippen molar-refractivity contribution in [2.75, 3.05) is 10.7 Å². The molecule has 9 heteroatoms. The number of nitrogen functional groups attached to an aromatic ring is 1. The predicted molar refractivity (Wildman–Crippen MR) is 74.8 cm³/mol. The van der Waals surface area contributed by atoms with Crippen LogP contribution in [0.3, 0.4) is 0 Å². The molecule has 0 aromatic carbocycles. The fourth-order valence-electron chi connectivity index (χ4n) is 1.98. The van der Waals surface area contributed by atoms with Crippen LogP contribution in [0.5, 0.6) is 0 Å². The summed E-state index contributed by atoms with van der Waals surface area (Å²) in [7, 11) is 0. The maximum absolute atomic E-state index is 5.37. The zero-order valence-corrected chi connectivity index (χ0v) is 10.9. The number of H-pyrrole nitrogens is 1. The Kier molecular flexibility index (Phi) is 3.17. The van der Waals surface area contributed by atoms with Crippen LogP contribution < -0.4 is 16.6 Å². The Hall–Kier alpha value is -2.68. The van der Waals surface area contributed by atoms with E-state index in [1.807, 2.05) is 23.9 Å². The molecule has 104 valence electrons. The lowest BCUT2D eigenvalue weighted by atomic mass is 10.3. The van der Waals surface area contributed by atoms with E-state index in [0.717, 1.165) is 11.9 Å². The summed E-state index contributed by atoms with van der Waals surface area (Å²) in [6.45, 7) is 2.77. The number of fused-ring (bicyclic) bond motifs is 1. The Morgan fingerprint density at radius 2 is 2.35 bits per heavy atom. The Bertz CT molecular complexity index is 687. The number of nitrogens with two attached hydrogens (primary N) is 1. The highest BCUT2D eigenvalue weighted by molar-refractivity contribution is 5.87. The molecule has 3 rings (SSSR count). The highest BCUT2D eigenvalue weighted by atomic mass is 15.3. The first-order valence-electron chi connectivity index (χ1n) is 6.18. The minimum atomic E-state index is 0.133. The molecule has 9 nitrogen and oxygen atoms in total. The average Bonchev–Trinajstić information content (AvgIpc) is 3.09. The lowest BCUT2D eigenvalue weighted by molar-refractivity contribution is 0.560. The molecule has 0 aliphatic heterocycles. The maximum Gasteiger partial charge on any atom is 0.241 e. The molecule has 0 aliphatic carbocycles. The number of hydrogen-bond acceptors (Lipinski definition) is 7. The van der Waals surface area contributed by atoms with E-state index in [-0.39, 0.29) is 6.04 Å². The Morgan fingerprint density at radius 1 is 1.45 bits per heavy atom.